The molecule has 0 amide bonds. The highest BCUT2D eigenvalue weighted by molar-refractivity contribution is 6.74. The van der Waals surface area contributed by atoms with E-state index >= 15 is 0 Å². The first-order valence-electron chi connectivity index (χ1n) is 7.95. The molecule has 2 aliphatic rings. The summed E-state index contributed by atoms with van der Waals surface area (Å²) in [6.07, 6.45) is 7.15. The average molecular weight is 295 g/mol. The van der Waals surface area contributed by atoms with Gasteiger partial charge in [0.05, 0.1) is 6.10 Å². The maximum atomic E-state index is 11.7. The smallest absolute Gasteiger partial charge is 0.192 e. The Bertz CT molecular complexity index is 431. The SMILES string of the molecule is CC(C)(C)[Si](C)(C)O[C@H]1CCC=C2CC(=O)CC[C@@]21C. The maximum Gasteiger partial charge on any atom is 0.192 e. The molecule has 0 unspecified atom stereocenters. The number of hydrogen-bond acceptors (Lipinski definition) is 2. The predicted molar refractivity (Wildman–Crippen MR) is 86.4 cm³/mol. The number of ketones is 1. The third-order valence-electron chi connectivity index (χ3n) is 5.82. The van der Waals surface area contributed by atoms with Crippen molar-refractivity contribution in [3.05, 3.63) is 11.6 Å². The highest BCUT2D eigenvalue weighted by Gasteiger charge is 2.48. The van der Waals surface area contributed by atoms with Gasteiger partial charge in [-0.1, -0.05) is 39.3 Å². The summed E-state index contributed by atoms with van der Waals surface area (Å²) in [5.41, 5.74) is 1.45. The van der Waals surface area contributed by atoms with E-state index in [4.69, 9.17) is 4.43 Å². The van der Waals surface area contributed by atoms with Gasteiger partial charge in [-0.25, -0.2) is 0 Å². The minimum absolute atomic E-state index is 0.0989. The monoisotopic (exact) mass is 294 g/mol. The fraction of sp³-hybridized carbons (Fsp3) is 0.824. The van der Waals surface area contributed by atoms with Gasteiger partial charge < -0.3 is 4.43 Å². The van der Waals surface area contributed by atoms with Crippen LogP contribution in [0.25, 0.3) is 0 Å². The molecule has 2 nitrogen and oxygen atoms in total. The first-order valence-corrected chi connectivity index (χ1v) is 10.9. The molecule has 2 aliphatic carbocycles. The number of hydrogen-bond donors (Lipinski definition) is 0. The Kier molecular flexibility index (Phi) is 4.07. The normalized spacial score (nSPS) is 31.8. The van der Waals surface area contributed by atoms with Gasteiger partial charge in [-0.05, 0) is 37.4 Å². The van der Waals surface area contributed by atoms with Crippen molar-refractivity contribution in [3.63, 3.8) is 0 Å². The van der Waals surface area contributed by atoms with E-state index in [0.29, 0.717) is 18.3 Å². The minimum atomic E-state index is -1.74. The molecule has 3 heteroatoms. The van der Waals surface area contributed by atoms with Gasteiger partial charge in [-0.3, -0.25) is 4.79 Å². The predicted octanol–water partition coefficient (Wildman–Crippen LogP) is 4.86. The molecule has 20 heavy (non-hydrogen) atoms. The first-order chi connectivity index (χ1) is 9.06. The first kappa shape index (κ1) is 16.0. The van der Waals surface area contributed by atoms with E-state index in [9.17, 15) is 4.79 Å². The molecule has 1 fully saturated rings. The second-order valence-corrected chi connectivity index (χ2v) is 13.1. The highest BCUT2D eigenvalue weighted by Crippen LogP contribution is 2.50. The molecule has 0 spiro atoms. The molecule has 0 aliphatic heterocycles. The Morgan fingerprint density at radius 2 is 2.00 bits per heavy atom. The third-order valence-corrected chi connectivity index (χ3v) is 10.3. The van der Waals surface area contributed by atoms with Crippen LogP contribution in [0.5, 0.6) is 0 Å². The second-order valence-electron chi connectivity index (χ2n) is 8.31. The summed E-state index contributed by atoms with van der Waals surface area (Å²) < 4.78 is 6.74. The lowest BCUT2D eigenvalue weighted by molar-refractivity contribution is -0.121. The minimum Gasteiger partial charge on any atom is -0.413 e. The average Bonchev–Trinajstić information content (AvgIpc) is 2.30. The van der Waals surface area contributed by atoms with E-state index in [1.807, 2.05) is 0 Å². The highest BCUT2D eigenvalue weighted by atomic mass is 28.4. The van der Waals surface area contributed by atoms with Crippen molar-refractivity contribution in [2.24, 2.45) is 5.41 Å². The van der Waals surface area contributed by atoms with Crippen LogP contribution in [-0.4, -0.2) is 20.2 Å². The molecular formula is C17H30O2Si. The largest absolute Gasteiger partial charge is 0.413 e. The van der Waals surface area contributed by atoms with E-state index in [2.05, 4.69) is 46.9 Å². The van der Waals surface area contributed by atoms with Crippen molar-refractivity contribution in [3.8, 4) is 0 Å². The molecule has 0 heterocycles. The van der Waals surface area contributed by atoms with Crippen LogP contribution < -0.4 is 0 Å². The Balaban J connectivity index is 2.22. The Hall–Kier alpha value is -0.413. The van der Waals surface area contributed by atoms with Gasteiger partial charge in [0.1, 0.15) is 5.78 Å². The topological polar surface area (TPSA) is 26.3 Å². The summed E-state index contributed by atoms with van der Waals surface area (Å²) in [7, 11) is -1.74. The second kappa shape index (κ2) is 5.10. The van der Waals surface area contributed by atoms with Crippen LogP contribution in [0, 0.1) is 5.41 Å². The van der Waals surface area contributed by atoms with Crippen LogP contribution in [0.4, 0.5) is 0 Å². The van der Waals surface area contributed by atoms with Gasteiger partial charge in [0.15, 0.2) is 8.32 Å². The number of Topliss-reactive ketones (excluding diaryl/α,β-unsaturated/α-hetero) is 1. The molecule has 0 N–H and O–H groups in total. The number of carbonyl (C=O) groups excluding carboxylic acids is 1. The van der Waals surface area contributed by atoms with Crippen LogP contribution in [0.15, 0.2) is 11.6 Å². The fourth-order valence-electron chi connectivity index (χ4n) is 3.18. The lowest BCUT2D eigenvalue weighted by atomic mass is 9.64. The van der Waals surface area contributed by atoms with Crippen molar-refractivity contribution in [1.29, 1.82) is 0 Å². The van der Waals surface area contributed by atoms with Gasteiger partial charge >= 0.3 is 0 Å². The van der Waals surface area contributed by atoms with Crippen LogP contribution in [0.1, 0.15) is 59.8 Å². The molecule has 0 aromatic rings. The zero-order valence-corrected chi connectivity index (χ0v) is 15.0. The molecule has 2 atom stereocenters. The molecule has 0 aromatic heterocycles. The van der Waals surface area contributed by atoms with E-state index in [1.165, 1.54) is 5.57 Å². The van der Waals surface area contributed by atoms with E-state index in [-0.39, 0.29) is 10.5 Å². The molecular weight excluding hydrogens is 264 g/mol. The number of fused-ring (bicyclic) bond motifs is 1. The van der Waals surface area contributed by atoms with Gasteiger partial charge in [-0.2, -0.15) is 0 Å². The summed E-state index contributed by atoms with van der Waals surface area (Å²) in [6.45, 7) is 13.9. The van der Waals surface area contributed by atoms with E-state index < -0.39 is 8.32 Å². The van der Waals surface area contributed by atoms with Crippen molar-refractivity contribution in [2.45, 2.75) is 84.0 Å². The third kappa shape index (κ3) is 2.80. The lowest BCUT2D eigenvalue weighted by Crippen LogP contribution is -2.51. The Morgan fingerprint density at radius 3 is 2.60 bits per heavy atom. The Labute approximate surface area is 125 Å². The zero-order chi connectivity index (χ0) is 15.2. The Morgan fingerprint density at radius 1 is 1.35 bits per heavy atom. The van der Waals surface area contributed by atoms with Gasteiger partial charge in [0, 0.05) is 18.3 Å². The summed E-state index contributed by atoms with van der Waals surface area (Å²) in [5, 5.41) is 0.245. The lowest BCUT2D eigenvalue weighted by Gasteiger charge is -2.49. The molecule has 1 saturated carbocycles. The summed E-state index contributed by atoms with van der Waals surface area (Å²) >= 11 is 0. The summed E-state index contributed by atoms with van der Waals surface area (Å²) in [5.74, 6) is 0.404. The van der Waals surface area contributed by atoms with Crippen LogP contribution >= 0.6 is 0 Å². The van der Waals surface area contributed by atoms with Crippen molar-refractivity contribution in [2.75, 3.05) is 0 Å². The molecule has 2 rings (SSSR count). The number of rotatable bonds is 2. The van der Waals surface area contributed by atoms with Crippen LogP contribution in [0.3, 0.4) is 0 Å². The van der Waals surface area contributed by atoms with Crippen molar-refractivity contribution in [1.82, 2.24) is 0 Å². The maximum absolute atomic E-state index is 11.7. The number of carbonyl (C=O) groups is 1. The summed E-state index contributed by atoms with van der Waals surface area (Å²) in [4.78, 5) is 11.7. The molecule has 0 bridgehead atoms. The fourth-order valence-corrected chi connectivity index (χ4v) is 4.63. The summed E-state index contributed by atoms with van der Waals surface area (Å²) in [6, 6.07) is 0. The van der Waals surface area contributed by atoms with Crippen LogP contribution in [-0.2, 0) is 9.22 Å². The van der Waals surface area contributed by atoms with E-state index in [0.717, 1.165) is 25.7 Å². The molecule has 0 aromatic carbocycles. The van der Waals surface area contributed by atoms with E-state index in [1.54, 1.807) is 0 Å². The quantitative estimate of drug-likeness (QED) is 0.537. The van der Waals surface area contributed by atoms with Crippen molar-refractivity contribution < 1.29 is 9.22 Å². The standard InChI is InChI=1S/C17H30O2Si/c1-16(2,3)20(5,6)19-15-9-7-8-13-12-14(18)10-11-17(13,15)4/h8,15H,7,9-12H2,1-6H3/t15-,17-/m0/s1. The van der Waals surface area contributed by atoms with Gasteiger partial charge in [-0.15, -0.1) is 0 Å². The zero-order valence-electron chi connectivity index (χ0n) is 14.0. The van der Waals surface area contributed by atoms with Crippen molar-refractivity contribution >= 4 is 14.1 Å². The molecule has 0 radical (unpaired) electrons. The van der Waals surface area contributed by atoms with Crippen LogP contribution in [0.2, 0.25) is 18.1 Å². The van der Waals surface area contributed by atoms with Gasteiger partial charge in [0.25, 0.3) is 0 Å². The number of allylic oxidation sites excluding steroid dienone is 1. The molecule has 114 valence electrons. The molecule has 0 saturated heterocycles. The van der Waals surface area contributed by atoms with Gasteiger partial charge in [0.2, 0.25) is 0 Å².